The highest BCUT2D eigenvalue weighted by Gasteiger charge is 2.35. The minimum atomic E-state index is -0.109. The zero-order valence-electron chi connectivity index (χ0n) is 15.3. The molecule has 0 aliphatic carbocycles. The Labute approximate surface area is 154 Å². The van der Waals surface area contributed by atoms with Gasteiger partial charge in [0.05, 0.1) is 5.92 Å². The second-order valence-corrected chi connectivity index (χ2v) is 7.70. The Morgan fingerprint density at radius 1 is 0.962 bits per heavy atom. The van der Waals surface area contributed by atoms with Crippen LogP contribution in [-0.4, -0.2) is 54.5 Å². The summed E-state index contributed by atoms with van der Waals surface area (Å²) >= 11 is 0. The molecule has 1 unspecified atom stereocenters. The molecule has 0 saturated carbocycles. The second-order valence-electron chi connectivity index (χ2n) is 7.70. The molecule has 3 aliphatic rings. The summed E-state index contributed by atoms with van der Waals surface area (Å²) < 4.78 is 0. The number of rotatable bonds is 1. The van der Waals surface area contributed by atoms with Crippen LogP contribution >= 0.6 is 0 Å². The number of likely N-dealkylation sites (tertiary alicyclic amines) is 2. The van der Waals surface area contributed by atoms with Gasteiger partial charge in [-0.2, -0.15) is 0 Å². The van der Waals surface area contributed by atoms with E-state index in [4.69, 9.17) is 5.73 Å². The van der Waals surface area contributed by atoms with Crippen molar-refractivity contribution in [2.24, 2.45) is 5.92 Å². The summed E-state index contributed by atoms with van der Waals surface area (Å²) in [6.07, 6.45) is 5.80. The molecule has 3 heterocycles. The zero-order chi connectivity index (χ0) is 18.1. The molecule has 0 spiro atoms. The lowest BCUT2D eigenvalue weighted by atomic mass is 9.93. The van der Waals surface area contributed by atoms with E-state index in [1.807, 2.05) is 32.9 Å². The molecular formula is C20H28N4O2. The van der Waals surface area contributed by atoms with E-state index in [-0.39, 0.29) is 17.9 Å². The molecule has 0 bridgehead atoms. The summed E-state index contributed by atoms with van der Waals surface area (Å²) in [6.45, 7) is 3.76. The van der Waals surface area contributed by atoms with Gasteiger partial charge < -0.3 is 20.4 Å². The van der Waals surface area contributed by atoms with E-state index in [2.05, 4.69) is 0 Å². The fourth-order valence-electron chi connectivity index (χ4n) is 4.56. The molecule has 2 saturated heterocycles. The van der Waals surface area contributed by atoms with Crippen molar-refractivity contribution in [3.63, 3.8) is 0 Å². The average Bonchev–Trinajstić information content (AvgIpc) is 3.22. The van der Waals surface area contributed by atoms with Gasteiger partial charge in [-0.3, -0.25) is 4.79 Å². The maximum absolute atomic E-state index is 13.3. The third-order valence-electron chi connectivity index (χ3n) is 5.97. The van der Waals surface area contributed by atoms with Gasteiger partial charge in [-0.1, -0.05) is 6.07 Å². The minimum Gasteiger partial charge on any atom is -0.398 e. The van der Waals surface area contributed by atoms with Crippen LogP contribution in [0.5, 0.6) is 0 Å². The van der Waals surface area contributed by atoms with Gasteiger partial charge in [0.2, 0.25) is 5.91 Å². The van der Waals surface area contributed by atoms with E-state index in [9.17, 15) is 9.59 Å². The Bertz CT molecular complexity index is 699. The largest absolute Gasteiger partial charge is 0.398 e. The first kappa shape index (κ1) is 17.2. The SMILES string of the molecule is Nc1cccc2c1CCCN2C(=O)C1CCCN(C(=O)N2CCCC2)C1. The molecule has 3 aliphatic heterocycles. The number of nitrogens with zero attached hydrogens (tertiary/aromatic N) is 3. The predicted molar refractivity (Wildman–Crippen MR) is 102 cm³/mol. The third-order valence-corrected chi connectivity index (χ3v) is 5.97. The van der Waals surface area contributed by atoms with Crippen LogP contribution in [0, 0.1) is 5.92 Å². The molecule has 0 aromatic heterocycles. The van der Waals surface area contributed by atoms with Gasteiger partial charge in [-0.15, -0.1) is 0 Å². The number of benzene rings is 1. The monoisotopic (exact) mass is 356 g/mol. The maximum Gasteiger partial charge on any atom is 0.320 e. The predicted octanol–water partition coefficient (Wildman–Crippen LogP) is 2.48. The first-order chi connectivity index (χ1) is 12.6. The molecule has 0 radical (unpaired) electrons. The third kappa shape index (κ3) is 3.13. The summed E-state index contributed by atoms with van der Waals surface area (Å²) in [5.41, 5.74) is 8.94. The zero-order valence-corrected chi connectivity index (χ0v) is 15.3. The molecule has 1 aromatic carbocycles. The first-order valence-corrected chi connectivity index (χ1v) is 9.88. The maximum atomic E-state index is 13.3. The number of nitrogen functional groups attached to an aromatic ring is 1. The molecule has 6 heteroatoms. The van der Waals surface area contributed by atoms with Crippen LogP contribution in [0.15, 0.2) is 18.2 Å². The standard InChI is InChI=1S/C20H28N4O2/c21-17-8-3-9-18-16(17)7-5-13-24(18)19(25)15-6-4-12-23(14-15)20(26)22-10-1-2-11-22/h3,8-9,15H,1-2,4-7,10-14,21H2. The Balaban J connectivity index is 1.48. The number of fused-ring (bicyclic) bond motifs is 1. The van der Waals surface area contributed by atoms with Crippen molar-refractivity contribution in [1.82, 2.24) is 9.80 Å². The molecule has 1 atom stereocenters. The van der Waals surface area contributed by atoms with Crippen LogP contribution < -0.4 is 10.6 Å². The normalized spacial score (nSPS) is 23.1. The fraction of sp³-hybridized carbons (Fsp3) is 0.600. The van der Waals surface area contributed by atoms with E-state index >= 15 is 0 Å². The number of hydrogen-bond acceptors (Lipinski definition) is 3. The molecule has 26 heavy (non-hydrogen) atoms. The van der Waals surface area contributed by atoms with Crippen LogP contribution in [0.25, 0.3) is 0 Å². The molecule has 2 fully saturated rings. The van der Waals surface area contributed by atoms with E-state index in [1.54, 1.807) is 0 Å². The highest BCUT2D eigenvalue weighted by molar-refractivity contribution is 5.97. The highest BCUT2D eigenvalue weighted by Crippen LogP contribution is 2.33. The summed E-state index contributed by atoms with van der Waals surface area (Å²) in [5.74, 6) is 0.0400. The number of amides is 3. The highest BCUT2D eigenvalue weighted by atomic mass is 16.2. The number of urea groups is 1. The summed E-state index contributed by atoms with van der Waals surface area (Å²) in [6, 6.07) is 5.94. The summed E-state index contributed by atoms with van der Waals surface area (Å²) in [4.78, 5) is 31.7. The Morgan fingerprint density at radius 2 is 1.73 bits per heavy atom. The smallest absolute Gasteiger partial charge is 0.320 e. The summed E-state index contributed by atoms with van der Waals surface area (Å²) in [7, 11) is 0. The van der Waals surface area contributed by atoms with Crippen molar-refractivity contribution >= 4 is 23.3 Å². The second kappa shape index (κ2) is 7.17. The van der Waals surface area contributed by atoms with Crippen molar-refractivity contribution in [3.05, 3.63) is 23.8 Å². The van der Waals surface area contributed by atoms with Crippen LogP contribution in [0.3, 0.4) is 0 Å². The van der Waals surface area contributed by atoms with Crippen LogP contribution in [0.1, 0.15) is 37.7 Å². The molecule has 3 amide bonds. The van der Waals surface area contributed by atoms with Gasteiger partial charge >= 0.3 is 6.03 Å². The number of carbonyl (C=O) groups excluding carboxylic acids is 2. The van der Waals surface area contributed by atoms with Crippen molar-refractivity contribution in [3.8, 4) is 0 Å². The van der Waals surface area contributed by atoms with Gasteiger partial charge in [0.15, 0.2) is 0 Å². The lowest BCUT2D eigenvalue weighted by molar-refractivity contribution is -0.123. The van der Waals surface area contributed by atoms with E-state index in [0.29, 0.717) is 6.54 Å². The molecular weight excluding hydrogens is 328 g/mol. The van der Waals surface area contributed by atoms with Crippen LogP contribution in [0.2, 0.25) is 0 Å². The lowest BCUT2D eigenvalue weighted by Gasteiger charge is -2.38. The van der Waals surface area contributed by atoms with Gasteiger partial charge in [0, 0.05) is 44.1 Å². The Kier molecular flexibility index (Phi) is 4.74. The number of nitrogens with two attached hydrogens (primary N) is 1. The molecule has 6 nitrogen and oxygen atoms in total. The van der Waals surface area contributed by atoms with Crippen molar-refractivity contribution < 1.29 is 9.59 Å². The Morgan fingerprint density at radius 3 is 2.54 bits per heavy atom. The number of carbonyl (C=O) groups is 2. The van der Waals surface area contributed by atoms with Crippen LogP contribution in [0.4, 0.5) is 16.2 Å². The Hall–Kier alpha value is -2.24. The number of hydrogen-bond donors (Lipinski definition) is 1. The molecule has 140 valence electrons. The van der Waals surface area contributed by atoms with Gasteiger partial charge in [-0.25, -0.2) is 4.79 Å². The minimum absolute atomic E-state index is 0.109. The van der Waals surface area contributed by atoms with Crippen molar-refractivity contribution in [2.75, 3.05) is 43.4 Å². The van der Waals surface area contributed by atoms with E-state index < -0.39 is 0 Å². The molecule has 2 N–H and O–H groups in total. The lowest BCUT2D eigenvalue weighted by Crippen LogP contribution is -2.51. The van der Waals surface area contributed by atoms with E-state index in [1.165, 1.54) is 0 Å². The topological polar surface area (TPSA) is 69.9 Å². The number of piperidine rings is 1. The van der Waals surface area contributed by atoms with Crippen molar-refractivity contribution in [2.45, 2.75) is 38.5 Å². The van der Waals surface area contributed by atoms with Crippen LogP contribution in [-0.2, 0) is 11.2 Å². The first-order valence-electron chi connectivity index (χ1n) is 9.88. The molecule has 1 aromatic rings. The van der Waals surface area contributed by atoms with E-state index in [0.717, 1.165) is 81.6 Å². The molecule has 4 rings (SSSR count). The number of anilines is 2. The average molecular weight is 356 g/mol. The van der Waals surface area contributed by atoms with Crippen molar-refractivity contribution in [1.29, 1.82) is 0 Å². The quantitative estimate of drug-likeness (QED) is 0.786. The van der Waals surface area contributed by atoms with Gasteiger partial charge in [0.1, 0.15) is 0 Å². The fourth-order valence-corrected chi connectivity index (χ4v) is 4.56. The van der Waals surface area contributed by atoms with Gasteiger partial charge in [-0.05, 0) is 56.2 Å². The summed E-state index contributed by atoms with van der Waals surface area (Å²) in [5, 5.41) is 0. The van der Waals surface area contributed by atoms with Gasteiger partial charge in [0.25, 0.3) is 0 Å².